The van der Waals surface area contributed by atoms with Crippen molar-refractivity contribution < 1.29 is 42.4 Å². The molecule has 0 aliphatic heterocycles. The highest BCUT2D eigenvalue weighted by Gasteiger charge is 2.29. The molecule has 0 amide bonds. The average Bonchev–Trinajstić information content (AvgIpc) is 3.35. The van der Waals surface area contributed by atoms with Gasteiger partial charge in [-0.15, -0.1) is 0 Å². The molecular weight excluding hydrogens is 612 g/mol. The van der Waals surface area contributed by atoms with Crippen molar-refractivity contribution in [1.29, 1.82) is 0 Å². The molecule has 1 heterocycles. The number of rotatable bonds is 13. The van der Waals surface area contributed by atoms with Crippen LogP contribution in [0.4, 0.5) is 0 Å². The maximum Gasteiger partial charge on any atom is 0.414 e. The van der Waals surface area contributed by atoms with Crippen molar-refractivity contribution in [2.45, 2.75) is 42.4 Å². The summed E-state index contributed by atoms with van der Waals surface area (Å²) < 4.78 is 46.2. The molecule has 0 fully saturated rings. The molecule has 4 aromatic rings. The predicted octanol–water partition coefficient (Wildman–Crippen LogP) is 5.25. The third-order valence-corrected chi connectivity index (χ3v) is 9.28. The third-order valence-electron chi connectivity index (χ3n) is 7.42. The van der Waals surface area contributed by atoms with Crippen LogP contribution < -0.4 is 14.2 Å². The zero-order valence-electron chi connectivity index (χ0n) is 27.0. The number of nitrogens with zero attached hydrogens (tertiary/aromatic N) is 2. The molecule has 0 atom stereocenters. The van der Waals surface area contributed by atoms with Gasteiger partial charge in [-0.05, 0) is 73.8 Å². The van der Waals surface area contributed by atoms with Crippen molar-refractivity contribution in [3.63, 3.8) is 0 Å². The first-order chi connectivity index (χ1) is 21.8. The summed E-state index contributed by atoms with van der Waals surface area (Å²) >= 11 is 0. The van der Waals surface area contributed by atoms with Crippen LogP contribution in [0.3, 0.4) is 0 Å². The highest BCUT2D eigenvalue weighted by molar-refractivity contribution is 7.91. The highest BCUT2D eigenvalue weighted by Crippen LogP contribution is 2.37. The number of ether oxygens (including phenoxy) is 3. The summed E-state index contributed by atoms with van der Waals surface area (Å²) in [7, 11) is 3.60. The molecular formula is C34H42N2O9S. The topological polar surface area (TPSA) is 145 Å². The SMILES string of the molecule is COc1ccc(CCN(C)CCCOc2ccc(S(=O)(=O)c3c(C(C)C)n(C)c4ccccc34)cc2)cc1OC.O=C(O)C(=O)O. The zero-order valence-corrected chi connectivity index (χ0v) is 27.8. The van der Waals surface area contributed by atoms with Gasteiger partial charge in [0.15, 0.2) is 11.5 Å². The van der Waals surface area contributed by atoms with Gasteiger partial charge in [0.2, 0.25) is 9.84 Å². The highest BCUT2D eigenvalue weighted by atomic mass is 32.2. The lowest BCUT2D eigenvalue weighted by Gasteiger charge is -2.17. The summed E-state index contributed by atoms with van der Waals surface area (Å²) in [5, 5.41) is 15.5. The number of aryl methyl sites for hydroxylation is 1. The second-order valence-electron chi connectivity index (χ2n) is 11.0. The summed E-state index contributed by atoms with van der Waals surface area (Å²) in [4.78, 5) is 21.1. The van der Waals surface area contributed by atoms with Gasteiger partial charge in [0, 0.05) is 36.7 Å². The fourth-order valence-corrected chi connectivity index (χ4v) is 6.98. The minimum atomic E-state index is -3.71. The van der Waals surface area contributed by atoms with Crippen molar-refractivity contribution >= 4 is 32.7 Å². The van der Waals surface area contributed by atoms with Crippen LogP contribution in [0.15, 0.2) is 76.5 Å². The first kappa shape index (κ1) is 35.9. The van der Waals surface area contributed by atoms with Crippen LogP contribution in [0.25, 0.3) is 10.9 Å². The predicted molar refractivity (Wildman–Crippen MR) is 175 cm³/mol. The number of hydrogen-bond acceptors (Lipinski definition) is 8. The normalized spacial score (nSPS) is 11.3. The Balaban J connectivity index is 0.000000875. The number of methoxy groups -OCH3 is 2. The van der Waals surface area contributed by atoms with E-state index in [0.717, 1.165) is 54.0 Å². The number of carboxylic acids is 2. The van der Waals surface area contributed by atoms with E-state index >= 15 is 0 Å². The molecule has 2 N–H and O–H groups in total. The zero-order chi connectivity index (χ0) is 34.0. The molecule has 12 heteroatoms. The number of likely N-dealkylation sites (N-methyl/N-ethyl adjacent to an activating group) is 1. The molecule has 0 radical (unpaired) electrons. The number of sulfone groups is 1. The minimum absolute atomic E-state index is 0.0574. The van der Waals surface area contributed by atoms with Gasteiger partial charge in [0.05, 0.1) is 25.7 Å². The fourth-order valence-electron chi connectivity index (χ4n) is 5.14. The maximum absolute atomic E-state index is 13.8. The van der Waals surface area contributed by atoms with E-state index in [1.807, 2.05) is 61.9 Å². The summed E-state index contributed by atoms with van der Waals surface area (Å²) in [6, 6.07) is 20.5. The van der Waals surface area contributed by atoms with Gasteiger partial charge in [0.25, 0.3) is 0 Å². The van der Waals surface area contributed by atoms with E-state index in [1.54, 1.807) is 38.5 Å². The molecule has 4 rings (SSSR count). The number of hydrogen-bond donors (Lipinski definition) is 2. The second-order valence-corrected chi connectivity index (χ2v) is 12.9. The molecule has 248 valence electrons. The van der Waals surface area contributed by atoms with Crippen molar-refractivity contribution in [3.05, 3.63) is 78.0 Å². The van der Waals surface area contributed by atoms with Gasteiger partial charge in [-0.3, -0.25) is 0 Å². The molecule has 0 aliphatic carbocycles. The molecule has 1 aromatic heterocycles. The van der Waals surface area contributed by atoms with Gasteiger partial charge in [-0.1, -0.05) is 38.1 Å². The van der Waals surface area contributed by atoms with Gasteiger partial charge >= 0.3 is 11.9 Å². The maximum atomic E-state index is 13.8. The Kier molecular flexibility index (Phi) is 12.6. The van der Waals surface area contributed by atoms with E-state index in [4.69, 9.17) is 34.0 Å². The molecule has 0 saturated carbocycles. The Morgan fingerprint density at radius 3 is 2.11 bits per heavy atom. The number of para-hydroxylation sites is 1. The van der Waals surface area contributed by atoms with Crippen LogP contribution in [0, 0.1) is 0 Å². The molecule has 11 nitrogen and oxygen atoms in total. The van der Waals surface area contributed by atoms with Crippen LogP contribution in [0.1, 0.15) is 37.4 Å². The fraction of sp³-hybridized carbons (Fsp3) is 0.353. The van der Waals surface area contributed by atoms with Gasteiger partial charge < -0.3 is 33.9 Å². The lowest BCUT2D eigenvalue weighted by molar-refractivity contribution is -0.159. The van der Waals surface area contributed by atoms with E-state index in [-0.39, 0.29) is 10.8 Å². The summed E-state index contributed by atoms with van der Waals surface area (Å²) in [5.74, 6) is -1.45. The smallest absolute Gasteiger partial charge is 0.414 e. The van der Waals surface area contributed by atoms with Crippen LogP contribution in [-0.4, -0.2) is 81.0 Å². The average molecular weight is 655 g/mol. The number of fused-ring (bicyclic) bond motifs is 1. The number of benzene rings is 3. The first-order valence-corrected chi connectivity index (χ1v) is 16.2. The van der Waals surface area contributed by atoms with Crippen molar-refractivity contribution in [1.82, 2.24) is 9.47 Å². The second kappa shape index (κ2) is 16.1. The summed E-state index contributed by atoms with van der Waals surface area (Å²) in [6.45, 7) is 6.40. The Morgan fingerprint density at radius 1 is 0.891 bits per heavy atom. The molecule has 3 aromatic carbocycles. The quantitative estimate of drug-likeness (QED) is 0.145. The Labute approximate surface area is 269 Å². The summed E-state index contributed by atoms with van der Waals surface area (Å²) in [6.07, 6.45) is 1.76. The number of aromatic nitrogens is 1. The molecule has 0 unspecified atom stereocenters. The van der Waals surface area contributed by atoms with E-state index in [9.17, 15) is 8.42 Å². The molecule has 0 aliphatic rings. The van der Waals surface area contributed by atoms with Crippen molar-refractivity contribution in [2.24, 2.45) is 7.05 Å². The van der Waals surface area contributed by atoms with E-state index in [2.05, 4.69) is 18.0 Å². The molecule has 46 heavy (non-hydrogen) atoms. The van der Waals surface area contributed by atoms with Gasteiger partial charge in [-0.2, -0.15) is 0 Å². The first-order valence-electron chi connectivity index (χ1n) is 14.7. The van der Waals surface area contributed by atoms with Gasteiger partial charge in [0.1, 0.15) is 10.6 Å². The van der Waals surface area contributed by atoms with Gasteiger partial charge in [-0.25, -0.2) is 18.0 Å². The number of carbonyl (C=O) groups is 2. The van der Waals surface area contributed by atoms with Crippen LogP contribution >= 0.6 is 0 Å². The van der Waals surface area contributed by atoms with Crippen LogP contribution in [0.5, 0.6) is 17.2 Å². The molecule has 0 saturated heterocycles. The van der Waals surface area contributed by atoms with E-state index < -0.39 is 21.8 Å². The largest absolute Gasteiger partial charge is 0.494 e. The molecule has 0 spiro atoms. The molecule has 0 bridgehead atoms. The number of carboxylic acid groups (broad SMARTS) is 2. The van der Waals surface area contributed by atoms with Crippen LogP contribution in [0.2, 0.25) is 0 Å². The summed E-state index contributed by atoms with van der Waals surface area (Å²) in [5.41, 5.74) is 2.93. The van der Waals surface area contributed by atoms with E-state index in [1.165, 1.54) is 5.56 Å². The Hall–Kier alpha value is -4.55. The lowest BCUT2D eigenvalue weighted by atomic mass is 10.1. The lowest BCUT2D eigenvalue weighted by Crippen LogP contribution is -2.23. The third kappa shape index (κ3) is 8.79. The number of aliphatic carboxylic acids is 2. The van der Waals surface area contributed by atoms with E-state index in [0.29, 0.717) is 17.3 Å². The monoisotopic (exact) mass is 654 g/mol. The van der Waals surface area contributed by atoms with Crippen LogP contribution in [-0.2, 0) is 32.9 Å². The Morgan fingerprint density at radius 2 is 1.52 bits per heavy atom. The van der Waals surface area contributed by atoms with Crippen molar-refractivity contribution in [3.8, 4) is 17.2 Å². The Bertz CT molecular complexity index is 1730. The minimum Gasteiger partial charge on any atom is -0.494 e. The standard InChI is InChI=1S/C32H40N2O5S.C2H2O4/c1-23(2)31-32(27-10-7-8-11-28(27)34(31)4)40(35,36)26-15-13-25(14-16-26)39-21-9-19-33(3)20-18-24-12-17-29(37-5)30(22-24)38-6;3-1(4)2(5)6/h7-8,10-17,22-23H,9,18-21H2,1-6H3;(H,3,4)(H,5,6). The van der Waals surface area contributed by atoms with Crippen molar-refractivity contribution in [2.75, 3.05) is 41.0 Å².